The maximum atomic E-state index is 13.4. The lowest BCUT2D eigenvalue weighted by molar-refractivity contribution is 0.0298. The third-order valence-electron chi connectivity index (χ3n) is 5.80. The number of para-hydroxylation sites is 1. The fourth-order valence-electron chi connectivity index (χ4n) is 4.26. The molecule has 1 aliphatic carbocycles. The largest absolute Gasteiger partial charge is 0.493 e. The second-order valence-corrected chi connectivity index (χ2v) is 7.89. The molecule has 1 aliphatic heterocycles. The van der Waals surface area contributed by atoms with Crippen LogP contribution >= 0.6 is 11.6 Å². The Morgan fingerprint density at radius 3 is 2.52 bits per heavy atom. The van der Waals surface area contributed by atoms with Gasteiger partial charge in [-0.05, 0) is 29.8 Å². The lowest BCUT2D eigenvalue weighted by atomic mass is 10.1. The molecular formula is C23H22ClN3O4. The Kier molecular flexibility index (Phi) is 5.08. The van der Waals surface area contributed by atoms with E-state index in [1.54, 1.807) is 23.8 Å². The van der Waals surface area contributed by atoms with Crippen LogP contribution in [-0.2, 0) is 11.2 Å². The van der Waals surface area contributed by atoms with Crippen molar-refractivity contribution in [2.45, 2.75) is 6.42 Å². The van der Waals surface area contributed by atoms with Gasteiger partial charge in [0.1, 0.15) is 0 Å². The molecule has 0 bridgehead atoms. The van der Waals surface area contributed by atoms with E-state index in [0.717, 1.165) is 28.1 Å². The number of morpholine rings is 1. The molecule has 5 rings (SSSR count). The second kappa shape index (κ2) is 7.90. The minimum Gasteiger partial charge on any atom is -0.493 e. The van der Waals surface area contributed by atoms with Crippen molar-refractivity contribution in [1.82, 2.24) is 14.7 Å². The van der Waals surface area contributed by atoms with Crippen LogP contribution < -0.4 is 9.47 Å². The minimum absolute atomic E-state index is 0.0860. The number of hydrogen-bond donors (Lipinski definition) is 0. The molecular weight excluding hydrogens is 418 g/mol. The van der Waals surface area contributed by atoms with Crippen molar-refractivity contribution in [3.05, 3.63) is 58.2 Å². The molecule has 0 spiro atoms. The Labute approximate surface area is 185 Å². The number of halogens is 1. The van der Waals surface area contributed by atoms with E-state index in [2.05, 4.69) is 0 Å². The maximum Gasteiger partial charge on any atom is 0.274 e. The molecule has 0 N–H and O–H groups in total. The molecule has 7 nitrogen and oxygen atoms in total. The highest BCUT2D eigenvalue weighted by Crippen LogP contribution is 2.45. The van der Waals surface area contributed by atoms with Crippen molar-refractivity contribution < 1.29 is 19.0 Å². The summed E-state index contributed by atoms with van der Waals surface area (Å²) in [5.74, 6) is 1.20. The Morgan fingerprint density at radius 1 is 1.10 bits per heavy atom. The third kappa shape index (κ3) is 3.25. The topological polar surface area (TPSA) is 65.8 Å². The Balaban J connectivity index is 1.70. The van der Waals surface area contributed by atoms with Gasteiger partial charge in [0, 0.05) is 30.6 Å². The first-order valence-electron chi connectivity index (χ1n) is 10.1. The molecule has 1 aromatic heterocycles. The number of aromatic nitrogens is 2. The van der Waals surface area contributed by atoms with Gasteiger partial charge in [-0.15, -0.1) is 0 Å². The summed E-state index contributed by atoms with van der Waals surface area (Å²) in [7, 11) is 3.23. The van der Waals surface area contributed by atoms with Gasteiger partial charge in [-0.25, -0.2) is 4.68 Å². The van der Waals surface area contributed by atoms with Gasteiger partial charge in [0.05, 0.1) is 43.8 Å². The third-order valence-corrected chi connectivity index (χ3v) is 6.12. The number of amides is 1. The average molecular weight is 440 g/mol. The van der Waals surface area contributed by atoms with Crippen LogP contribution in [-0.4, -0.2) is 61.1 Å². The summed E-state index contributed by atoms with van der Waals surface area (Å²) in [4.78, 5) is 15.2. The van der Waals surface area contributed by atoms with Gasteiger partial charge in [0.15, 0.2) is 17.2 Å². The number of hydrogen-bond acceptors (Lipinski definition) is 5. The maximum absolute atomic E-state index is 13.4. The average Bonchev–Trinajstić information content (AvgIpc) is 3.35. The second-order valence-electron chi connectivity index (χ2n) is 7.48. The number of methoxy groups -OCH3 is 2. The van der Waals surface area contributed by atoms with Gasteiger partial charge in [-0.3, -0.25) is 4.79 Å². The zero-order valence-corrected chi connectivity index (χ0v) is 18.1. The van der Waals surface area contributed by atoms with E-state index in [1.165, 1.54) is 0 Å². The Bertz CT molecular complexity index is 1170. The fourth-order valence-corrected chi connectivity index (χ4v) is 4.47. The van der Waals surface area contributed by atoms with E-state index < -0.39 is 0 Å². The van der Waals surface area contributed by atoms with E-state index in [9.17, 15) is 4.79 Å². The van der Waals surface area contributed by atoms with Crippen molar-refractivity contribution in [1.29, 1.82) is 0 Å². The summed E-state index contributed by atoms with van der Waals surface area (Å²) in [5.41, 5.74) is 4.94. The number of rotatable bonds is 4. The van der Waals surface area contributed by atoms with E-state index >= 15 is 0 Å². The molecule has 0 radical (unpaired) electrons. The van der Waals surface area contributed by atoms with Gasteiger partial charge in [-0.2, -0.15) is 5.10 Å². The zero-order valence-electron chi connectivity index (χ0n) is 17.4. The summed E-state index contributed by atoms with van der Waals surface area (Å²) in [6, 6.07) is 11.4. The van der Waals surface area contributed by atoms with E-state index in [0.29, 0.717) is 54.9 Å². The van der Waals surface area contributed by atoms with Crippen LogP contribution in [0.3, 0.4) is 0 Å². The van der Waals surface area contributed by atoms with Crippen LogP contribution in [0.2, 0.25) is 5.02 Å². The van der Waals surface area contributed by atoms with Crippen molar-refractivity contribution in [3.63, 3.8) is 0 Å². The smallest absolute Gasteiger partial charge is 0.274 e. The lowest BCUT2D eigenvalue weighted by Gasteiger charge is -2.26. The van der Waals surface area contributed by atoms with Gasteiger partial charge >= 0.3 is 0 Å². The zero-order chi connectivity index (χ0) is 21.5. The highest BCUT2D eigenvalue weighted by molar-refractivity contribution is 6.32. The molecule has 1 fully saturated rings. The molecule has 2 aliphatic rings. The van der Waals surface area contributed by atoms with Crippen LogP contribution in [0.25, 0.3) is 16.9 Å². The molecule has 2 heterocycles. The molecule has 1 amide bonds. The molecule has 8 heteroatoms. The summed E-state index contributed by atoms with van der Waals surface area (Å²) in [6.07, 6.45) is 0.584. The first kappa shape index (κ1) is 19.9. The quantitative estimate of drug-likeness (QED) is 0.486. The summed E-state index contributed by atoms with van der Waals surface area (Å²) in [5, 5.41) is 5.33. The Morgan fingerprint density at radius 2 is 1.81 bits per heavy atom. The van der Waals surface area contributed by atoms with Crippen LogP contribution in [0.15, 0.2) is 36.4 Å². The highest BCUT2D eigenvalue weighted by atomic mass is 35.5. The molecule has 2 aromatic carbocycles. The minimum atomic E-state index is -0.0860. The number of carbonyl (C=O) groups is 1. The summed E-state index contributed by atoms with van der Waals surface area (Å²) < 4.78 is 18.2. The predicted molar refractivity (Wildman–Crippen MR) is 117 cm³/mol. The highest BCUT2D eigenvalue weighted by Gasteiger charge is 2.34. The molecule has 1 saturated heterocycles. The number of nitrogens with zero attached hydrogens (tertiary/aromatic N) is 3. The number of ether oxygens (including phenoxy) is 3. The summed E-state index contributed by atoms with van der Waals surface area (Å²) >= 11 is 6.51. The first-order valence-corrected chi connectivity index (χ1v) is 10.5. The van der Waals surface area contributed by atoms with Gasteiger partial charge in [0.25, 0.3) is 5.91 Å². The molecule has 160 valence electrons. The van der Waals surface area contributed by atoms with Gasteiger partial charge in [0.2, 0.25) is 0 Å². The Hall–Kier alpha value is -3.03. The van der Waals surface area contributed by atoms with E-state index in [-0.39, 0.29) is 5.91 Å². The standard InChI is InChI=1S/C23H22ClN3O4/c1-29-19-12-14-11-16-21(23(28)26-7-9-31-10-8-26)25-27(18-6-4-3-5-17(18)24)22(16)15(14)13-20(19)30-2/h3-6,12-13H,7-11H2,1-2H3. The van der Waals surface area contributed by atoms with Crippen molar-refractivity contribution in [2.24, 2.45) is 0 Å². The molecule has 0 atom stereocenters. The number of benzene rings is 2. The van der Waals surface area contributed by atoms with E-state index in [4.69, 9.17) is 30.9 Å². The fraction of sp³-hybridized carbons (Fsp3) is 0.304. The summed E-state index contributed by atoms with van der Waals surface area (Å²) in [6.45, 7) is 2.18. The van der Waals surface area contributed by atoms with Crippen LogP contribution in [0.5, 0.6) is 11.5 Å². The SMILES string of the molecule is COc1cc2c(cc1OC)-c1c(c(C(=O)N3CCOCC3)nn1-c1ccccc1Cl)C2. The molecule has 0 unspecified atom stereocenters. The molecule has 31 heavy (non-hydrogen) atoms. The van der Waals surface area contributed by atoms with Crippen LogP contribution in [0, 0.1) is 0 Å². The van der Waals surface area contributed by atoms with Crippen LogP contribution in [0.1, 0.15) is 21.6 Å². The molecule has 3 aromatic rings. The van der Waals surface area contributed by atoms with Crippen molar-refractivity contribution in [3.8, 4) is 28.4 Å². The monoisotopic (exact) mass is 439 g/mol. The normalized spacial score (nSPS) is 14.9. The van der Waals surface area contributed by atoms with E-state index in [1.807, 2.05) is 36.4 Å². The predicted octanol–water partition coefficient (Wildman–Crippen LogP) is 3.59. The lowest BCUT2D eigenvalue weighted by Crippen LogP contribution is -2.41. The van der Waals surface area contributed by atoms with Gasteiger partial charge in [-0.1, -0.05) is 23.7 Å². The molecule has 0 saturated carbocycles. The van der Waals surface area contributed by atoms with Gasteiger partial charge < -0.3 is 19.1 Å². The van der Waals surface area contributed by atoms with Crippen molar-refractivity contribution >= 4 is 17.5 Å². The number of carbonyl (C=O) groups excluding carboxylic acids is 1. The first-order chi connectivity index (χ1) is 15.1. The number of fused-ring (bicyclic) bond motifs is 3. The van der Waals surface area contributed by atoms with Crippen molar-refractivity contribution in [2.75, 3.05) is 40.5 Å². The van der Waals surface area contributed by atoms with Crippen LogP contribution in [0.4, 0.5) is 0 Å².